The number of Topliss-reactive ketones (excluding diaryl/α,β-unsaturated/α-hetero) is 2. The first-order chi connectivity index (χ1) is 15.3. The maximum Gasteiger partial charge on any atom is 0.255 e. The van der Waals surface area contributed by atoms with Crippen LogP contribution in [0.1, 0.15) is 22.3 Å². The zero-order chi connectivity index (χ0) is 24.6. The summed E-state index contributed by atoms with van der Waals surface area (Å²) in [6.07, 6.45) is 0.324. The first kappa shape index (κ1) is 22.8. The third kappa shape index (κ3) is 2.90. The maximum atomic E-state index is 13.5. The molecule has 0 fully saturated rings. The lowest BCUT2D eigenvalue weighted by Gasteiger charge is -2.50. The molecule has 0 bridgehead atoms. The summed E-state index contributed by atoms with van der Waals surface area (Å²) in [6, 6.07) is 2.06. The monoisotopic (exact) mass is 457 g/mol. The Hall–Kier alpha value is -3.37. The van der Waals surface area contributed by atoms with Crippen molar-refractivity contribution in [1.29, 1.82) is 0 Å². The molecule has 0 aromatic heterocycles. The molecular formula is C23H27N3O7. The average molecular weight is 457 g/mol. The number of amides is 1. The molecule has 3 aliphatic rings. The third-order valence-electron chi connectivity index (χ3n) is 7.06. The number of fused-ring (bicyclic) bond motifs is 3. The number of rotatable bonds is 3. The van der Waals surface area contributed by atoms with Crippen LogP contribution in [-0.2, 0) is 16.0 Å². The van der Waals surface area contributed by atoms with Gasteiger partial charge >= 0.3 is 0 Å². The first-order valence-corrected chi connectivity index (χ1v) is 10.5. The Morgan fingerprint density at radius 2 is 1.76 bits per heavy atom. The Labute approximate surface area is 190 Å². The molecule has 33 heavy (non-hydrogen) atoms. The lowest BCUT2D eigenvalue weighted by molar-refractivity contribution is -0.148. The van der Waals surface area contributed by atoms with Gasteiger partial charge in [0.15, 0.2) is 11.4 Å². The number of ketones is 2. The van der Waals surface area contributed by atoms with Crippen LogP contribution in [0.15, 0.2) is 34.8 Å². The normalized spacial score (nSPS) is 29.1. The van der Waals surface area contributed by atoms with E-state index in [0.29, 0.717) is 5.56 Å². The molecule has 0 saturated carbocycles. The predicted octanol–water partition coefficient (Wildman–Crippen LogP) is 0.187. The van der Waals surface area contributed by atoms with Gasteiger partial charge in [-0.1, -0.05) is 0 Å². The summed E-state index contributed by atoms with van der Waals surface area (Å²) in [5.74, 6) is -6.53. The van der Waals surface area contributed by atoms with E-state index in [1.165, 1.54) is 11.0 Å². The Morgan fingerprint density at radius 3 is 2.30 bits per heavy atom. The molecule has 0 spiro atoms. The topological polar surface area (TPSA) is 165 Å². The van der Waals surface area contributed by atoms with Crippen molar-refractivity contribution >= 4 is 23.2 Å². The van der Waals surface area contributed by atoms with Crippen molar-refractivity contribution in [2.45, 2.75) is 24.5 Å². The summed E-state index contributed by atoms with van der Waals surface area (Å²) in [6.45, 7) is 0. The molecule has 0 saturated heterocycles. The quantitative estimate of drug-likeness (QED) is 0.398. The number of primary amides is 1. The van der Waals surface area contributed by atoms with E-state index < -0.39 is 58.0 Å². The van der Waals surface area contributed by atoms with Crippen molar-refractivity contribution < 1.29 is 34.8 Å². The van der Waals surface area contributed by atoms with Crippen LogP contribution in [0.5, 0.6) is 5.75 Å². The molecule has 1 amide bonds. The van der Waals surface area contributed by atoms with Gasteiger partial charge in [0.25, 0.3) is 5.91 Å². The van der Waals surface area contributed by atoms with E-state index in [-0.39, 0.29) is 29.7 Å². The summed E-state index contributed by atoms with van der Waals surface area (Å²) in [5.41, 5.74) is 3.02. The molecule has 10 heteroatoms. The minimum Gasteiger partial charge on any atom is -0.510 e. The number of hydrogen-bond donors (Lipinski definition) is 5. The molecule has 0 unspecified atom stereocenters. The maximum absolute atomic E-state index is 13.5. The van der Waals surface area contributed by atoms with E-state index in [1.807, 2.05) is 0 Å². The molecule has 6 N–H and O–H groups in total. The summed E-state index contributed by atoms with van der Waals surface area (Å²) >= 11 is 0. The highest BCUT2D eigenvalue weighted by Crippen LogP contribution is 2.52. The molecule has 0 heterocycles. The standard InChI is InChI=1S/C23H27N3O7/c1-25(2)12-5-6-13(27)15-10(12)7-9-8-11-17(26(3)4)19(29)16(22(24)32)21(31)23(11,33)20(30)14(9)18(15)28/h5-6,9,11,17,27,29-30,33H,7-8H2,1-4H3,(H2,24,32)/t9-,11-,17-,23+/m1/s1. The molecule has 1 aromatic carbocycles. The number of phenolic OH excluding ortho intramolecular Hbond substituents is 1. The highest BCUT2D eigenvalue weighted by molar-refractivity contribution is 6.24. The van der Waals surface area contributed by atoms with Gasteiger partial charge in [-0.3, -0.25) is 19.3 Å². The largest absolute Gasteiger partial charge is 0.510 e. The number of carbonyl (C=O) groups is 3. The number of allylic oxidation sites excluding steroid dienone is 1. The van der Waals surface area contributed by atoms with E-state index in [4.69, 9.17) is 5.73 Å². The van der Waals surface area contributed by atoms with Crippen LogP contribution in [0.2, 0.25) is 0 Å². The Morgan fingerprint density at radius 1 is 1.12 bits per heavy atom. The predicted molar refractivity (Wildman–Crippen MR) is 118 cm³/mol. The Kier molecular flexibility index (Phi) is 5.06. The number of nitrogens with zero attached hydrogens (tertiary/aromatic N) is 2. The number of hydrogen-bond acceptors (Lipinski definition) is 9. The van der Waals surface area contributed by atoms with E-state index in [0.717, 1.165) is 5.69 Å². The van der Waals surface area contributed by atoms with Gasteiger partial charge in [0.05, 0.1) is 11.6 Å². The SMILES string of the molecule is CN(C)c1ccc(O)c2c1C[C@@H]1C[C@@H]3[C@@H](N(C)C)C(O)=C(C(N)=O)C(=O)[C@@]3(O)C(O)=C1C2=O. The lowest BCUT2D eigenvalue weighted by Crippen LogP contribution is -2.63. The number of benzene rings is 1. The summed E-state index contributed by atoms with van der Waals surface area (Å²) < 4.78 is 0. The number of aliphatic hydroxyl groups is 3. The second-order valence-electron chi connectivity index (χ2n) is 9.31. The van der Waals surface area contributed by atoms with Gasteiger partial charge < -0.3 is 31.1 Å². The molecule has 4 atom stereocenters. The number of phenols is 1. The van der Waals surface area contributed by atoms with Crippen molar-refractivity contribution in [2.24, 2.45) is 17.6 Å². The molecule has 4 rings (SSSR count). The third-order valence-corrected chi connectivity index (χ3v) is 7.06. The van der Waals surface area contributed by atoms with Gasteiger partial charge in [-0.15, -0.1) is 0 Å². The highest BCUT2D eigenvalue weighted by Gasteiger charge is 2.63. The van der Waals surface area contributed by atoms with Crippen LogP contribution in [0.3, 0.4) is 0 Å². The van der Waals surface area contributed by atoms with Crippen LogP contribution >= 0.6 is 0 Å². The second-order valence-corrected chi connectivity index (χ2v) is 9.31. The molecule has 0 radical (unpaired) electrons. The summed E-state index contributed by atoms with van der Waals surface area (Å²) in [4.78, 5) is 42.0. The fourth-order valence-electron chi connectivity index (χ4n) is 5.65. The first-order valence-electron chi connectivity index (χ1n) is 10.5. The van der Waals surface area contributed by atoms with Crippen molar-refractivity contribution in [2.75, 3.05) is 33.1 Å². The van der Waals surface area contributed by atoms with Crippen LogP contribution in [-0.4, -0.2) is 82.6 Å². The highest BCUT2D eigenvalue weighted by atomic mass is 16.3. The Bertz CT molecular complexity index is 1170. The summed E-state index contributed by atoms with van der Waals surface area (Å²) in [7, 11) is 6.79. The van der Waals surface area contributed by atoms with E-state index in [1.54, 1.807) is 39.2 Å². The molecule has 176 valence electrons. The van der Waals surface area contributed by atoms with E-state index in [9.17, 15) is 34.8 Å². The molecular weight excluding hydrogens is 430 g/mol. The van der Waals surface area contributed by atoms with Crippen LogP contribution < -0.4 is 10.6 Å². The van der Waals surface area contributed by atoms with Crippen molar-refractivity contribution in [3.8, 4) is 5.75 Å². The van der Waals surface area contributed by atoms with Gasteiger partial charge in [0.2, 0.25) is 5.78 Å². The van der Waals surface area contributed by atoms with Crippen molar-refractivity contribution in [3.05, 3.63) is 45.9 Å². The van der Waals surface area contributed by atoms with Crippen LogP contribution in [0, 0.1) is 11.8 Å². The number of nitrogens with two attached hydrogens (primary N) is 1. The van der Waals surface area contributed by atoms with Crippen LogP contribution in [0.25, 0.3) is 0 Å². The Balaban J connectivity index is 1.98. The fourth-order valence-corrected chi connectivity index (χ4v) is 5.65. The lowest BCUT2D eigenvalue weighted by atomic mass is 9.58. The molecule has 10 nitrogen and oxygen atoms in total. The summed E-state index contributed by atoms with van der Waals surface area (Å²) in [5, 5.41) is 43.9. The van der Waals surface area contributed by atoms with Crippen LogP contribution in [0.4, 0.5) is 5.69 Å². The van der Waals surface area contributed by atoms with Gasteiger partial charge in [-0.05, 0) is 50.6 Å². The number of aromatic hydroxyl groups is 1. The number of likely N-dealkylation sites (N-methyl/N-ethyl adjacent to an activating group) is 1. The number of aliphatic hydroxyl groups excluding tert-OH is 2. The van der Waals surface area contributed by atoms with Gasteiger partial charge in [-0.25, -0.2) is 0 Å². The minimum atomic E-state index is -2.63. The number of carbonyl (C=O) groups excluding carboxylic acids is 3. The van der Waals surface area contributed by atoms with Gasteiger partial charge in [-0.2, -0.15) is 0 Å². The van der Waals surface area contributed by atoms with Crippen molar-refractivity contribution in [1.82, 2.24) is 4.90 Å². The zero-order valence-corrected chi connectivity index (χ0v) is 18.8. The average Bonchev–Trinajstić information content (AvgIpc) is 2.70. The minimum absolute atomic E-state index is 0.00184. The zero-order valence-electron chi connectivity index (χ0n) is 18.8. The number of anilines is 1. The molecule has 3 aliphatic carbocycles. The van der Waals surface area contributed by atoms with E-state index in [2.05, 4.69) is 0 Å². The molecule has 0 aliphatic heterocycles. The van der Waals surface area contributed by atoms with E-state index >= 15 is 0 Å². The van der Waals surface area contributed by atoms with Gasteiger partial charge in [0.1, 0.15) is 22.8 Å². The smallest absolute Gasteiger partial charge is 0.255 e. The fraction of sp³-hybridized carbons (Fsp3) is 0.435. The molecule has 1 aromatic rings. The van der Waals surface area contributed by atoms with Crippen molar-refractivity contribution in [3.63, 3.8) is 0 Å². The van der Waals surface area contributed by atoms with Gasteiger partial charge in [0, 0.05) is 31.3 Å². The second kappa shape index (κ2) is 7.32.